The monoisotopic (exact) mass is 170 g/mol. The molecule has 12 heavy (non-hydrogen) atoms. The van der Waals surface area contributed by atoms with Crippen molar-refractivity contribution < 1.29 is 9.59 Å². The number of Topliss-reactive ketones (excluding diaryl/α,β-unsaturated/α-hetero) is 1. The maximum Gasteiger partial charge on any atom is 0.306 e. The molecule has 0 saturated carbocycles. The zero-order valence-corrected chi connectivity index (χ0v) is 7.84. The Morgan fingerprint density at radius 2 is 1.83 bits per heavy atom. The van der Waals surface area contributed by atoms with Gasteiger partial charge in [-0.25, -0.2) is 5.43 Å². The van der Waals surface area contributed by atoms with Crippen molar-refractivity contribution in [3.05, 3.63) is 0 Å². The Kier molecular flexibility index (Phi) is 1.96. The van der Waals surface area contributed by atoms with Crippen LogP contribution < -0.4 is 5.43 Å². The molecule has 1 aliphatic heterocycles. The predicted molar refractivity (Wildman–Crippen MR) is 44.2 cm³/mol. The van der Waals surface area contributed by atoms with E-state index in [-0.39, 0.29) is 17.4 Å². The second-order valence-electron chi connectivity index (χ2n) is 4.03. The van der Waals surface area contributed by atoms with Gasteiger partial charge in [0.1, 0.15) is 0 Å². The molecule has 1 unspecified atom stereocenters. The summed E-state index contributed by atoms with van der Waals surface area (Å²) in [4.78, 5) is 22.4. The van der Waals surface area contributed by atoms with E-state index in [1.165, 1.54) is 5.01 Å². The van der Waals surface area contributed by atoms with E-state index in [1.807, 2.05) is 20.8 Å². The van der Waals surface area contributed by atoms with Gasteiger partial charge in [0, 0.05) is 0 Å². The van der Waals surface area contributed by atoms with E-state index >= 15 is 0 Å². The number of ketones is 1. The largest absolute Gasteiger partial charge is 0.306 e. The molecular weight excluding hydrogens is 156 g/mol. The number of carbonyl (C=O) groups excluding carboxylic acids is 2. The molecule has 1 heterocycles. The van der Waals surface area contributed by atoms with Crippen LogP contribution in [-0.4, -0.2) is 28.3 Å². The van der Waals surface area contributed by atoms with Crippen LogP contribution in [0.5, 0.6) is 0 Å². The highest BCUT2D eigenvalue weighted by atomic mass is 16.2. The molecule has 1 atom stereocenters. The third-order valence-corrected chi connectivity index (χ3v) is 1.80. The van der Waals surface area contributed by atoms with Gasteiger partial charge in [0.05, 0.1) is 11.6 Å². The van der Waals surface area contributed by atoms with Crippen LogP contribution in [0.15, 0.2) is 0 Å². The van der Waals surface area contributed by atoms with Gasteiger partial charge in [-0.1, -0.05) is 0 Å². The molecule has 0 bridgehead atoms. The molecule has 0 aromatic rings. The molecule has 4 nitrogen and oxygen atoms in total. The van der Waals surface area contributed by atoms with E-state index < -0.39 is 5.91 Å². The van der Waals surface area contributed by atoms with Crippen molar-refractivity contribution in [2.45, 2.75) is 39.3 Å². The first-order valence-corrected chi connectivity index (χ1v) is 3.98. The van der Waals surface area contributed by atoms with E-state index in [2.05, 4.69) is 5.43 Å². The number of nitrogens with zero attached hydrogens (tertiary/aromatic N) is 1. The van der Waals surface area contributed by atoms with Crippen LogP contribution in [0.25, 0.3) is 0 Å². The number of hydrogen-bond donors (Lipinski definition) is 1. The standard InChI is InChI=1S/C8H14N2O2/c1-5-6(11)7(12)10(9-5)8(2,3)4/h5,9H,1-4H3. The average molecular weight is 170 g/mol. The van der Waals surface area contributed by atoms with E-state index in [9.17, 15) is 9.59 Å². The van der Waals surface area contributed by atoms with Crippen molar-refractivity contribution in [3.8, 4) is 0 Å². The summed E-state index contributed by atoms with van der Waals surface area (Å²) >= 11 is 0. The number of carbonyl (C=O) groups is 2. The zero-order valence-electron chi connectivity index (χ0n) is 7.84. The first-order chi connectivity index (χ1) is 5.34. The minimum atomic E-state index is -0.435. The van der Waals surface area contributed by atoms with E-state index in [0.717, 1.165) is 0 Å². The lowest BCUT2D eigenvalue weighted by Crippen LogP contribution is -2.49. The Labute approximate surface area is 71.9 Å². The Hall–Kier alpha value is -0.900. The van der Waals surface area contributed by atoms with Crippen LogP contribution in [-0.2, 0) is 9.59 Å². The highest BCUT2D eigenvalue weighted by Gasteiger charge is 2.40. The smallest absolute Gasteiger partial charge is 0.287 e. The normalized spacial score (nSPS) is 25.3. The average Bonchev–Trinajstić information content (AvgIpc) is 2.15. The number of rotatable bonds is 0. The van der Waals surface area contributed by atoms with E-state index in [0.29, 0.717) is 0 Å². The molecule has 0 aliphatic carbocycles. The molecule has 0 spiro atoms. The van der Waals surface area contributed by atoms with E-state index in [4.69, 9.17) is 0 Å². The molecular formula is C8H14N2O2. The molecule has 1 fully saturated rings. The predicted octanol–water partition coefficient (Wildman–Crippen LogP) is 0.0893. The fraction of sp³-hybridized carbons (Fsp3) is 0.750. The molecule has 1 N–H and O–H groups in total. The fourth-order valence-electron chi connectivity index (χ4n) is 1.10. The summed E-state index contributed by atoms with van der Waals surface area (Å²) in [6, 6.07) is -0.378. The van der Waals surface area contributed by atoms with Crippen molar-refractivity contribution in [1.29, 1.82) is 0 Å². The number of nitrogens with one attached hydrogen (secondary N) is 1. The van der Waals surface area contributed by atoms with Crippen LogP contribution in [0.3, 0.4) is 0 Å². The van der Waals surface area contributed by atoms with Crippen LogP contribution in [0.4, 0.5) is 0 Å². The summed E-state index contributed by atoms with van der Waals surface area (Å²) in [5.74, 6) is -0.792. The summed E-state index contributed by atoms with van der Waals surface area (Å²) in [7, 11) is 0. The molecule has 1 aliphatic rings. The van der Waals surface area contributed by atoms with Gasteiger partial charge in [0.25, 0.3) is 0 Å². The van der Waals surface area contributed by atoms with Crippen LogP contribution in [0, 0.1) is 0 Å². The molecule has 1 saturated heterocycles. The van der Waals surface area contributed by atoms with Crippen LogP contribution in [0.2, 0.25) is 0 Å². The minimum absolute atomic E-state index is 0.336. The second kappa shape index (κ2) is 2.55. The lowest BCUT2D eigenvalue weighted by Gasteiger charge is -2.30. The van der Waals surface area contributed by atoms with Gasteiger partial charge in [-0.15, -0.1) is 0 Å². The lowest BCUT2D eigenvalue weighted by atomic mass is 10.1. The number of hydrogen-bond acceptors (Lipinski definition) is 3. The highest BCUT2D eigenvalue weighted by Crippen LogP contribution is 2.16. The van der Waals surface area contributed by atoms with Crippen molar-refractivity contribution in [2.75, 3.05) is 0 Å². The Balaban J connectivity index is 2.86. The van der Waals surface area contributed by atoms with Gasteiger partial charge < -0.3 is 0 Å². The van der Waals surface area contributed by atoms with Crippen molar-refractivity contribution >= 4 is 11.7 Å². The molecule has 0 radical (unpaired) electrons. The number of amides is 1. The first kappa shape index (κ1) is 9.19. The Morgan fingerprint density at radius 3 is 2.00 bits per heavy atom. The topological polar surface area (TPSA) is 49.4 Å². The van der Waals surface area contributed by atoms with Gasteiger partial charge >= 0.3 is 5.91 Å². The Morgan fingerprint density at radius 1 is 1.33 bits per heavy atom. The highest BCUT2D eigenvalue weighted by molar-refractivity contribution is 6.39. The number of hydrazine groups is 1. The van der Waals surface area contributed by atoms with Gasteiger partial charge in [0.15, 0.2) is 0 Å². The van der Waals surface area contributed by atoms with Crippen molar-refractivity contribution in [3.63, 3.8) is 0 Å². The maximum atomic E-state index is 11.3. The molecule has 4 heteroatoms. The molecule has 1 rings (SSSR count). The molecule has 0 aromatic carbocycles. The third kappa shape index (κ3) is 1.34. The summed E-state index contributed by atoms with van der Waals surface area (Å²) in [5, 5.41) is 1.39. The first-order valence-electron chi connectivity index (χ1n) is 3.98. The Bertz CT molecular complexity index is 230. The maximum absolute atomic E-state index is 11.3. The minimum Gasteiger partial charge on any atom is -0.287 e. The molecule has 1 amide bonds. The van der Waals surface area contributed by atoms with Crippen LogP contribution in [0.1, 0.15) is 27.7 Å². The summed E-state index contributed by atoms with van der Waals surface area (Å²) in [6.45, 7) is 7.32. The summed E-state index contributed by atoms with van der Waals surface area (Å²) in [5.41, 5.74) is 2.49. The second-order valence-corrected chi connectivity index (χ2v) is 4.03. The SMILES string of the molecule is CC1NN(C(C)(C)C)C(=O)C1=O. The molecule has 0 aromatic heterocycles. The fourth-order valence-corrected chi connectivity index (χ4v) is 1.10. The van der Waals surface area contributed by atoms with Gasteiger partial charge in [0.2, 0.25) is 5.78 Å². The van der Waals surface area contributed by atoms with Crippen LogP contribution >= 0.6 is 0 Å². The van der Waals surface area contributed by atoms with Gasteiger partial charge in [-0.3, -0.25) is 14.6 Å². The lowest BCUT2D eigenvalue weighted by molar-refractivity contribution is -0.143. The molecule has 68 valence electrons. The quantitative estimate of drug-likeness (QED) is 0.524. The summed E-state index contributed by atoms with van der Waals surface area (Å²) < 4.78 is 0. The van der Waals surface area contributed by atoms with Gasteiger partial charge in [-0.05, 0) is 27.7 Å². The van der Waals surface area contributed by atoms with E-state index in [1.54, 1.807) is 6.92 Å². The third-order valence-electron chi connectivity index (χ3n) is 1.80. The van der Waals surface area contributed by atoms with Crippen molar-refractivity contribution in [1.82, 2.24) is 10.4 Å². The zero-order chi connectivity index (χ0) is 9.52. The van der Waals surface area contributed by atoms with Gasteiger partial charge in [-0.2, -0.15) is 0 Å². The van der Waals surface area contributed by atoms with Crippen molar-refractivity contribution in [2.24, 2.45) is 0 Å². The summed E-state index contributed by atoms with van der Waals surface area (Å²) in [6.07, 6.45) is 0.